The van der Waals surface area contributed by atoms with E-state index in [-0.39, 0.29) is 86.3 Å². The monoisotopic (exact) mass is 1020 g/mol. The first kappa shape index (κ1) is 57.4. The minimum absolute atomic E-state index is 0.0716. The van der Waals surface area contributed by atoms with E-state index in [1.165, 1.54) is 20.9 Å². The summed E-state index contributed by atoms with van der Waals surface area (Å²) in [5.74, 6) is -2.70. The molecule has 406 valence electrons. The number of unbranched alkanes of at least 4 members (excludes halogenated alkanes) is 1. The second kappa shape index (κ2) is 25.1. The van der Waals surface area contributed by atoms with Gasteiger partial charge in [-0.05, 0) is 125 Å². The molecule has 0 spiro atoms. The fourth-order valence-electron chi connectivity index (χ4n) is 10.8. The topological polar surface area (TPSA) is 239 Å². The number of rotatable bonds is 19. The van der Waals surface area contributed by atoms with E-state index in [1.54, 1.807) is 27.9 Å². The van der Waals surface area contributed by atoms with Crippen LogP contribution in [0.1, 0.15) is 154 Å². The summed E-state index contributed by atoms with van der Waals surface area (Å²) in [6.45, 7) is 14.7. The third-order valence-electron chi connectivity index (χ3n) is 15.4. The molecular formula is C56H84N10O8. The summed E-state index contributed by atoms with van der Waals surface area (Å²) < 4.78 is 0. The molecule has 4 aliphatic rings. The van der Waals surface area contributed by atoms with Gasteiger partial charge in [0.1, 0.15) is 24.2 Å². The van der Waals surface area contributed by atoms with Gasteiger partial charge in [0.25, 0.3) is 0 Å². The van der Waals surface area contributed by atoms with Crippen molar-refractivity contribution in [1.29, 1.82) is 0 Å². The predicted octanol–water partition coefficient (Wildman–Crippen LogP) is 3.38. The molecule has 0 bridgehead atoms. The zero-order valence-corrected chi connectivity index (χ0v) is 45.5. The highest BCUT2D eigenvalue weighted by atomic mass is 16.2. The maximum absolute atomic E-state index is 14.5. The van der Waals surface area contributed by atoms with Crippen molar-refractivity contribution in [3.63, 3.8) is 0 Å². The van der Waals surface area contributed by atoms with E-state index in [0.717, 1.165) is 49.7 Å². The largest absolute Gasteiger partial charge is 0.351 e. The number of benzene rings is 2. The Morgan fingerprint density at radius 3 is 1.27 bits per heavy atom. The lowest BCUT2D eigenvalue weighted by Gasteiger charge is -2.36. The van der Waals surface area contributed by atoms with Gasteiger partial charge in [-0.2, -0.15) is 0 Å². The molecule has 10 atom stereocenters. The van der Waals surface area contributed by atoms with Crippen LogP contribution in [0.3, 0.4) is 0 Å². The summed E-state index contributed by atoms with van der Waals surface area (Å²) in [5, 5.41) is 24.2. The number of nitrogens with one attached hydrogen (secondary N) is 8. The Balaban J connectivity index is 1.08. The van der Waals surface area contributed by atoms with Crippen molar-refractivity contribution in [3.8, 4) is 0 Å². The highest BCUT2D eigenvalue weighted by Gasteiger charge is 2.48. The number of fused-ring (bicyclic) bond motifs is 2. The van der Waals surface area contributed by atoms with Crippen molar-refractivity contribution in [2.75, 3.05) is 27.2 Å². The van der Waals surface area contributed by atoms with Crippen LogP contribution < -0.4 is 42.5 Å². The number of hydrogen-bond donors (Lipinski definition) is 8. The van der Waals surface area contributed by atoms with Crippen LogP contribution in [0, 0.1) is 10.8 Å². The lowest BCUT2D eigenvalue weighted by Crippen LogP contribution is -2.59. The maximum atomic E-state index is 14.5. The summed E-state index contributed by atoms with van der Waals surface area (Å²) >= 11 is 0. The van der Waals surface area contributed by atoms with Crippen LogP contribution in [0.2, 0.25) is 0 Å². The first-order valence-electron chi connectivity index (χ1n) is 26.9. The minimum Gasteiger partial charge on any atom is -0.351 e. The van der Waals surface area contributed by atoms with Crippen LogP contribution in [0.4, 0.5) is 0 Å². The Hall–Kier alpha value is -5.88. The molecule has 1 unspecified atom stereocenters. The Bertz CT molecular complexity index is 2200. The quantitative estimate of drug-likeness (QED) is 0.0956. The lowest BCUT2D eigenvalue weighted by atomic mass is 9.85. The van der Waals surface area contributed by atoms with Crippen molar-refractivity contribution >= 4 is 47.3 Å². The molecule has 0 radical (unpaired) electrons. The van der Waals surface area contributed by atoms with Gasteiger partial charge in [-0.25, -0.2) is 0 Å². The van der Waals surface area contributed by atoms with Gasteiger partial charge in [0, 0.05) is 38.0 Å². The second-order valence-electron chi connectivity index (χ2n) is 23.2. The first-order valence-corrected chi connectivity index (χ1v) is 26.9. The highest BCUT2D eigenvalue weighted by Crippen LogP contribution is 2.34. The van der Waals surface area contributed by atoms with Gasteiger partial charge in [-0.3, -0.25) is 38.4 Å². The molecule has 8 N–H and O–H groups in total. The Kier molecular flexibility index (Phi) is 19.5. The van der Waals surface area contributed by atoms with Crippen LogP contribution in [-0.4, -0.2) is 133 Å². The molecule has 2 saturated heterocycles. The third kappa shape index (κ3) is 14.5. The molecule has 2 aromatic carbocycles. The lowest BCUT2D eigenvalue weighted by molar-refractivity contribution is -0.144. The predicted molar refractivity (Wildman–Crippen MR) is 283 cm³/mol. The van der Waals surface area contributed by atoms with E-state index in [2.05, 4.69) is 54.7 Å². The third-order valence-corrected chi connectivity index (χ3v) is 15.4. The summed E-state index contributed by atoms with van der Waals surface area (Å²) in [5.41, 5.74) is 3.07. The van der Waals surface area contributed by atoms with Gasteiger partial charge in [0.05, 0.1) is 24.2 Å². The zero-order valence-electron chi connectivity index (χ0n) is 45.5. The van der Waals surface area contributed by atoms with Gasteiger partial charge < -0.3 is 52.3 Å². The van der Waals surface area contributed by atoms with Gasteiger partial charge in [0.15, 0.2) is 0 Å². The number of nitrogens with zero attached hydrogens (tertiary/aromatic N) is 2. The Morgan fingerprint density at radius 1 is 0.554 bits per heavy atom. The van der Waals surface area contributed by atoms with Crippen molar-refractivity contribution in [1.82, 2.24) is 52.3 Å². The normalized spacial score (nSPS) is 23.2. The van der Waals surface area contributed by atoms with E-state index in [1.807, 2.05) is 77.9 Å². The van der Waals surface area contributed by atoms with E-state index in [4.69, 9.17) is 0 Å². The number of likely N-dealkylation sites (N-methyl/N-ethyl adjacent to an activating group) is 2. The fourth-order valence-corrected chi connectivity index (χ4v) is 10.8. The zero-order chi connectivity index (χ0) is 54.1. The van der Waals surface area contributed by atoms with Crippen LogP contribution in [0.25, 0.3) is 0 Å². The van der Waals surface area contributed by atoms with E-state index in [0.29, 0.717) is 12.8 Å². The van der Waals surface area contributed by atoms with Gasteiger partial charge in [-0.15, -0.1) is 0 Å². The van der Waals surface area contributed by atoms with Crippen molar-refractivity contribution in [2.24, 2.45) is 10.8 Å². The molecule has 74 heavy (non-hydrogen) atoms. The molecule has 18 nitrogen and oxygen atoms in total. The standard InChI is InChI=1S/C56H84N10O8/c1-33(57-9)49(69)63-47(55(3,4)5)53(73)65-31-37(29-43(65)51(71)61-41-25-17-21-35-19-11-13-23-39(35)41)59-45(67)27-15-16-28-46(68)60-38-30-44(52(72)62-42-26-18-22-36-20-12-14-24-40(36)42)66(32-38)54(74)48(56(6,7)8)64-50(70)34(2)58-10/h11-14,19-20,23-24,33-34,37-38,41-44,47-48,57-58H,15-18,21-22,25-32H2,1-10H3,(H,59,67)(H,60,68)(H,61,71)(H,62,72)(H,63,69)(H,64,70)/t33-,34-,37-,38-,41+,42+,43-,44?,47-,48-/m0/s1. The van der Waals surface area contributed by atoms with Crippen molar-refractivity contribution < 1.29 is 38.4 Å². The first-order chi connectivity index (χ1) is 35.0. The molecule has 2 heterocycles. The van der Waals surface area contributed by atoms with Gasteiger partial charge in [0.2, 0.25) is 47.3 Å². The molecule has 2 aliphatic carbocycles. The summed E-state index contributed by atoms with van der Waals surface area (Å²) in [4.78, 5) is 114. The number of hydrogen-bond acceptors (Lipinski definition) is 10. The van der Waals surface area contributed by atoms with E-state index >= 15 is 0 Å². The van der Waals surface area contributed by atoms with Gasteiger partial charge in [-0.1, -0.05) is 90.1 Å². The molecule has 0 saturated carbocycles. The van der Waals surface area contributed by atoms with E-state index in [9.17, 15) is 38.4 Å². The molecule has 2 aromatic rings. The smallest absolute Gasteiger partial charge is 0.246 e. The molecule has 2 aliphatic heterocycles. The SMILES string of the molecule is CN[C@@H](C)C(=O)N[C@@H](C(=O)N1C[C@@H](NC(=O)CCCCC(=O)N[C@H]2C[C@@H](C(=O)N[C@@H]3CCCc4ccccc43)N(C(=O)[C@H](NC(=O)[C@H](C)NC)C(C)(C)C)C2)CC1C(=O)N[C@@H]1CCCc2ccccc21)C(C)(C)C. The summed E-state index contributed by atoms with van der Waals surface area (Å²) in [6.07, 6.45) is 6.49. The number of aryl methyl sites for hydroxylation is 2. The molecule has 0 aromatic heterocycles. The molecular weight excluding hydrogens is 941 g/mol. The van der Waals surface area contributed by atoms with Crippen LogP contribution in [-0.2, 0) is 51.2 Å². The van der Waals surface area contributed by atoms with Crippen molar-refractivity contribution in [3.05, 3.63) is 70.8 Å². The Labute approximate surface area is 438 Å². The van der Waals surface area contributed by atoms with Gasteiger partial charge >= 0.3 is 0 Å². The minimum atomic E-state index is -0.951. The average molecular weight is 1030 g/mol. The van der Waals surface area contributed by atoms with E-state index < -0.39 is 71.0 Å². The molecule has 18 heteroatoms. The number of carbonyl (C=O) groups excluding carboxylic acids is 8. The number of likely N-dealkylation sites (tertiary alicyclic amines) is 2. The molecule has 6 rings (SSSR count). The number of carbonyl (C=O) groups is 8. The second-order valence-corrected chi connectivity index (χ2v) is 23.2. The number of amides is 8. The van der Waals surface area contributed by atoms with Crippen LogP contribution in [0.15, 0.2) is 48.5 Å². The van der Waals surface area contributed by atoms with Crippen molar-refractivity contribution in [2.45, 2.75) is 193 Å². The average Bonchev–Trinajstić information content (AvgIpc) is 3.99. The molecule has 8 amide bonds. The Morgan fingerprint density at radius 2 is 0.919 bits per heavy atom. The van der Waals surface area contributed by atoms with Crippen LogP contribution >= 0.6 is 0 Å². The maximum Gasteiger partial charge on any atom is 0.246 e. The fraction of sp³-hybridized carbons (Fsp3) is 0.643. The highest BCUT2D eigenvalue weighted by molar-refractivity contribution is 5.95. The molecule has 2 fully saturated rings. The summed E-state index contributed by atoms with van der Waals surface area (Å²) in [6, 6.07) is 9.73. The van der Waals surface area contributed by atoms with Crippen LogP contribution in [0.5, 0.6) is 0 Å². The summed E-state index contributed by atoms with van der Waals surface area (Å²) in [7, 11) is 3.32.